The first-order chi connectivity index (χ1) is 12.1. The smallest absolute Gasteiger partial charge is 0.386 e. The van der Waals surface area contributed by atoms with Gasteiger partial charge in [0.2, 0.25) is 0 Å². The zero-order chi connectivity index (χ0) is 18.0. The second kappa shape index (κ2) is 10.2. The Morgan fingerprint density at radius 2 is 1.44 bits per heavy atom. The highest BCUT2D eigenvalue weighted by atomic mass is 32.2. The molecule has 2 rings (SSSR count). The summed E-state index contributed by atoms with van der Waals surface area (Å²) >= 11 is 1.64. The van der Waals surface area contributed by atoms with Crippen molar-refractivity contribution in [3.8, 4) is 11.5 Å². The number of rotatable bonds is 10. The molecule has 0 aliphatic rings. The van der Waals surface area contributed by atoms with Gasteiger partial charge in [-0.1, -0.05) is 43.3 Å². The number of hydrogen-bond acceptors (Lipinski definition) is 6. The van der Waals surface area contributed by atoms with Crippen molar-refractivity contribution >= 4 is 25.6 Å². The number of para-hydroxylation sites is 2. The molecular formula is C18H21O5PS. The van der Waals surface area contributed by atoms with Gasteiger partial charge in [0, 0.05) is 5.75 Å². The minimum atomic E-state index is -4.13. The Morgan fingerprint density at radius 3 is 1.92 bits per heavy atom. The van der Waals surface area contributed by atoms with Crippen molar-refractivity contribution in [2.24, 2.45) is 0 Å². The molecule has 0 unspecified atom stereocenters. The van der Waals surface area contributed by atoms with Crippen molar-refractivity contribution in [2.75, 3.05) is 11.5 Å². The highest BCUT2D eigenvalue weighted by Crippen LogP contribution is 2.49. The van der Waals surface area contributed by atoms with Crippen LogP contribution in [-0.4, -0.2) is 17.5 Å². The zero-order valence-electron chi connectivity index (χ0n) is 14.0. The molecular weight excluding hydrogens is 359 g/mol. The topological polar surface area (TPSA) is 61.8 Å². The lowest BCUT2D eigenvalue weighted by molar-refractivity contribution is -0.134. The molecule has 2 aromatic rings. The fourth-order valence-corrected chi connectivity index (χ4v) is 3.87. The van der Waals surface area contributed by atoms with Crippen LogP contribution >= 0.6 is 19.6 Å². The predicted molar refractivity (Wildman–Crippen MR) is 100 cm³/mol. The molecule has 0 bridgehead atoms. The Balaban J connectivity index is 2.06. The number of carbonyl (C=O) groups excluding carboxylic acids is 1. The summed E-state index contributed by atoms with van der Waals surface area (Å²) in [7, 11) is -4.13. The van der Waals surface area contributed by atoms with Crippen molar-refractivity contribution in [1.82, 2.24) is 0 Å². The lowest BCUT2D eigenvalue weighted by atomic mass is 10.3. The molecule has 25 heavy (non-hydrogen) atoms. The maximum Gasteiger partial charge on any atom is 0.649 e. The van der Waals surface area contributed by atoms with Crippen molar-refractivity contribution < 1.29 is 22.9 Å². The molecule has 0 amide bonds. The second-order valence-electron chi connectivity index (χ2n) is 5.08. The average molecular weight is 380 g/mol. The molecule has 0 N–H and O–H groups in total. The lowest BCUT2D eigenvalue weighted by Gasteiger charge is -2.18. The van der Waals surface area contributed by atoms with Gasteiger partial charge in [0.05, 0.1) is 6.42 Å². The van der Waals surface area contributed by atoms with Crippen molar-refractivity contribution in [2.45, 2.75) is 19.8 Å². The van der Waals surface area contributed by atoms with Gasteiger partial charge in [-0.15, -0.1) is 0 Å². The second-order valence-corrected chi connectivity index (χ2v) is 7.75. The first kappa shape index (κ1) is 19.4. The highest BCUT2D eigenvalue weighted by Gasteiger charge is 2.35. The van der Waals surface area contributed by atoms with Gasteiger partial charge in [0.1, 0.15) is 11.5 Å². The Hall–Kier alpha value is -1.91. The Bertz CT molecular complexity index is 648. The molecule has 0 heterocycles. The summed E-state index contributed by atoms with van der Waals surface area (Å²) in [6, 6.07) is 17.0. The predicted octanol–water partition coefficient (Wildman–Crippen LogP) is 5.33. The van der Waals surface area contributed by atoms with Crippen molar-refractivity contribution in [3.63, 3.8) is 0 Å². The molecule has 0 aliphatic heterocycles. The molecule has 0 aliphatic carbocycles. The average Bonchev–Trinajstić information content (AvgIpc) is 2.60. The summed E-state index contributed by atoms with van der Waals surface area (Å²) < 4.78 is 28.8. The minimum Gasteiger partial charge on any atom is -0.386 e. The van der Waals surface area contributed by atoms with Crippen LogP contribution in [0.15, 0.2) is 60.7 Å². The van der Waals surface area contributed by atoms with E-state index in [1.54, 1.807) is 72.4 Å². The van der Waals surface area contributed by atoms with E-state index in [9.17, 15) is 9.36 Å². The van der Waals surface area contributed by atoms with Crippen LogP contribution in [0.25, 0.3) is 0 Å². The van der Waals surface area contributed by atoms with Crippen LogP contribution in [0.4, 0.5) is 0 Å². The molecule has 0 fully saturated rings. The maximum atomic E-state index is 13.0. The third-order valence-electron chi connectivity index (χ3n) is 2.93. The van der Waals surface area contributed by atoms with Crippen molar-refractivity contribution in [3.05, 3.63) is 60.7 Å². The van der Waals surface area contributed by atoms with Crippen LogP contribution < -0.4 is 9.05 Å². The summed E-state index contributed by atoms with van der Waals surface area (Å²) in [5.41, 5.74) is 0. The zero-order valence-corrected chi connectivity index (χ0v) is 15.7. The van der Waals surface area contributed by atoms with Gasteiger partial charge >= 0.3 is 13.8 Å². The highest BCUT2D eigenvalue weighted by molar-refractivity contribution is 7.99. The fourth-order valence-electron chi connectivity index (χ4n) is 1.85. The monoisotopic (exact) mass is 380 g/mol. The molecule has 5 nitrogen and oxygen atoms in total. The molecule has 7 heteroatoms. The van der Waals surface area contributed by atoms with Gasteiger partial charge in [-0.2, -0.15) is 16.3 Å². The minimum absolute atomic E-state index is 0.144. The van der Waals surface area contributed by atoms with E-state index in [2.05, 4.69) is 6.92 Å². The van der Waals surface area contributed by atoms with E-state index in [4.69, 9.17) is 13.6 Å². The Labute approximate surface area is 152 Å². The summed E-state index contributed by atoms with van der Waals surface area (Å²) in [5.74, 6) is 1.55. The standard InChI is InChI=1S/C18H21O5PS/c1-2-14-25-15-13-18(19)23-24(20,21-16-9-5-3-6-10-16)22-17-11-7-4-8-12-17/h3-12H,2,13-15H2,1H3. The quantitative estimate of drug-likeness (QED) is 0.410. The van der Waals surface area contributed by atoms with E-state index in [0.29, 0.717) is 17.3 Å². The molecule has 0 saturated heterocycles. The Morgan fingerprint density at radius 1 is 0.920 bits per heavy atom. The van der Waals surface area contributed by atoms with Gasteiger partial charge in [-0.25, -0.2) is 0 Å². The van der Waals surface area contributed by atoms with Crippen LogP contribution in [0.1, 0.15) is 19.8 Å². The SMILES string of the molecule is CCCSCCC(=O)OP(=O)(Oc1ccccc1)Oc1ccccc1. The fraction of sp³-hybridized carbons (Fsp3) is 0.278. The van der Waals surface area contributed by atoms with Crippen LogP contribution in [0, 0.1) is 0 Å². The molecule has 0 saturated carbocycles. The number of thioether (sulfide) groups is 1. The van der Waals surface area contributed by atoms with Crippen LogP contribution in [0.3, 0.4) is 0 Å². The van der Waals surface area contributed by atoms with Gasteiger partial charge in [0.25, 0.3) is 0 Å². The lowest BCUT2D eigenvalue weighted by Crippen LogP contribution is -2.11. The van der Waals surface area contributed by atoms with E-state index < -0.39 is 13.8 Å². The van der Waals surface area contributed by atoms with Gasteiger partial charge < -0.3 is 13.6 Å². The van der Waals surface area contributed by atoms with Crippen LogP contribution in [0.2, 0.25) is 0 Å². The summed E-state index contributed by atoms with van der Waals surface area (Å²) in [5, 5.41) is 0. The molecule has 134 valence electrons. The van der Waals surface area contributed by atoms with Crippen LogP contribution in [0.5, 0.6) is 11.5 Å². The van der Waals surface area contributed by atoms with E-state index in [-0.39, 0.29) is 6.42 Å². The largest absolute Gasteiger partial charge is 0.649 e. The number of phosphoric acid groups is 1. The normalized spacial score (nSPS) is 10.9. The molecule has 0 aromatic heterocycles. The maximum absolute atomic E-state index is 13.0. The first-order valence-electron chi connectivity index (χ1n) is 8.01. The van der Waals surface area contributed by atoms with Gasteiger partial charge in [-0.3, -0.25) is 4.79 Å². The molecule has 0 spiro atoms. The van der Waals surface area contributed by atoms with E-state index in [1.165, 1.54) is 0 Å². The van der Waals surface area contributed by atoms with E-state index in [0.717, 1.165) is 12.2 Å². The third-order valence-corrected chi connectivity index (χ3v) is 5.42. The molecule has 2 aromatic carbocycles. The number of phosphoric ester groups is 1. The van der Waals surface area contributed by atoms with Gasteiger partial charge in [-0.05, 0) is 36.4 Å². The number of carbonyl (C=O) groups is 1. The first-order valence-corrected chi connectivity index (χ1v) is 10.6. The summed E-state index contributed by atoms with van der Waals surface area (Å²) in [6.07, 6.45) is 1.18. The third kappa shape index (κ3) is 7.24. The molecule has 0 radical (unpaired) electrons. The van der Waals surface area contributed by atoms with E-state index >= 15 is 0 Å². The van der Waals surface area contributed by atoms with Gasteiger partial charge in [0.15, 0.2) is 0 Å². The number of benzene rings is 2. The summed E-state index contributed by atoms with van der Waals surface area (Å²) in [4.78, 5) is 12.0. The van der Waals surface area contributed by atoms with Crippen molar-refractivity contribution in [1.29, 1.82) is 0 Å². The van der Waals surface area contributed by atoms with E-state index in [1.807, 2.05) is 0 Å². The summed E-state index contributed by atoms with van der Waals surface area (Å²) in [6.45, 7) is 2.07. The Kier molecular flexibility index (Phi) is 7.89. The molecule has 0 atom stereocenters. The van der Waals surface area contributed by atoms with Crippen LogP contribution in [-0.2, 0) is 13.9 Å². The number of hydrogen-bond donors (Lipinski definition) is 0.